The number of rotatable bonds is 7. The van der Waals surface area contributed by atoms with Crippen molar-refractivity contribution in [1.29, 1.82) is 0 Å². The summed E-state index contributed by atoms with van der Waals surface area (Å²) in [6.45, 7) is 0. The van der Waals surface area contributed by atoms with Gasteiger partial charge in [0.05, 0.1) is 19.5 Å². The molecular formula is C26H22BrNO4. The molecule has 162 valence electrons. The second-order valence-corrected chi connectivity index (χ2v) is 7.63. The fourth-order valence-electron chi connectivity index (χ4n) is 3.45. The highest BCUT2D eigenvalue weighted by atomic mass is 79.9. The topological polar surface area (TPSA) is 56.8 Å². The molecule has 0 aromatic heterocycles. The van der Waals surface area contributed by atoms with Gasteiger partial charge in [0, 0.05) is 16.6 Å². The number of carbonyl (C=O) groups excluding carboxylic acids is 1. The molecule has 4 aromatic rings. The lowest BCUT2D eigenvalue weighted by Crippen LogP contribution is -2.11. The molecule has 0 fully saturated rings. The second kappa shape index (κ2) is 9.75. The highest BCUT2D eigenvalue weighted by Gasteiger charge is 2.14. The Bertz CT molecular complexity index is 1250. The highest BCUT2D eigenvalue weighted by molar-refractivity contribution is 9.09. The van der Waals surface area contributed by atoms with E-state index in [1.807, 2.05) is 72.8 Å². The van der Waals surface area contributed by atoms with E-state index in [1.165, 1.54) is 0 Å². The van der Waals surface area contributed by atoms with Gasteiger partial charge in [0.2, 0.25) is 5.91 Å². The summed E-state index contributed by atoms with van der Waals surface area (Å²) in [6, 6.07) is 25.2. The molecule has 0 heterocycles. The molecular weight excluding hydrogens is 470 g/mol. The van der Waals surface area contributed by atoms with Crippen LogP contribution in [0.25, 0.3) is 21.9 Å². The largest absolute Gasteiger partial charge is 0.497 e. The lowest BCUT2D eigenvalue weighted by Gasteiger charge is -2.16. The Morgan fingerprint density at radius 3 is 2.28 bits per heavy atom. The highest BCUT2D eigenvalue weighted by Crippen LogP contribution is 2.41. The van der Waals surface area contributed by atoms with E-state index in [9.17, 15) is 4.79 Å². The van der Waals surface area contributed by atoms with Gasteiger partial charge in [-0.3, -0.25) is 4.79 Å². The van der Waals surface area contributed by atoms with Gasteiger partial charge in [0.15, 0.2) is 0 Å². The van der Waals surface area contributed by atoms with Gasteiger partial charge in [0.25, 0.3) is 0 Å². The van der Waals surface area contributed by atoms with Crippen molar-refractivity contribution in [3.63, 3.8) is 0 Å². The fourth-order valence-corrected chi connectivity index (χ4v) is 3.59. The summed E-state index contributed by atoms with van der Waals surface area (Å²) in [6.07, 6.45) is 0. The first kappa shape index (κ1) is 21.7. The van der Waals surface area contributed by atoms with Crippen molar-refractivity contribution in [3.8, 4) is 34.1 Å². The Morgan fingerprint density at radius 1 is 0.844 bits per heavy atom. The van der Waals surface area contributed by atoms with Gasteiger partial charge in [-0.25, -0.2) is 0 Å². The summed E-state index contributed by atoms with van der Waals surface area (Å²) in [5.74, 6) is 2.84. The summed E-state index contributed by atoms with van der Waals surface area (Å²) in [5.41, 5.74) is 2.63. The molecule has 4 rings (SSSR count). The van der Waals surface area contributed by atoms with Crippen molar-refractivity contribution in [2.24, 2.45) is 0 Å². The molecule has 0 aliphatic heterocycles. The zero-order chi connectivity index (χ0) is 22.5. The molecule has 0 saturated heterocycles. The molecule has 0 spiro atoms. The molecule has 5 nitrogen and oxygen atoms in total. The normalized spacial score (nSPS) is 10.6. The number of amides is 1. The number of alkyl halides is 1. The summed E-state index contributed by atoms with van der Waals surface area (Å²) in [5, 5.41) is 5.02. The molecule has 0 bridgehead atoms. The maximum atomic E-state index is 11.6. The monoisotopic (exact) mass is 491 g/mol. The van der Waals surface area contributed by atoms with E-state index in [2.05, 4.69) is 27.3 Å². The molecule has 1 amide bonds. The van der Waals surface area contributed by atoms with Crippen LogP contribution in [-0.4, -0.2) is 25.5 Å². The van der Waals surface area contributed by atoms with Crippen molar-refractivity contribution in [1.82, 2.24) is 0 Å². The van der Waals surface area contributed by atoms with Gasteiger partial charge in [-0.2, -0.15) is 0 Å². The maximum absolute atomic E-state index is 11.6. The average Bonchev–Trinajstić information content (AvgIpc) is 2.84. The van der Waals surface area contributed by atoms with Crippen molar-refractivity contribution >= 4 is 38.3 Å². The number of anilines is 1. The number of fused-ring (bicyclic) bond motifs is 1. The quantitative estimate of drug-likeness (QED) is 0.294. The summed E-state index contributed by atoms with van der Waals surface area (Å²) in [7, 11) is 3.30. The van der Waals surface area contributed by atoms with Gasteiger partial charge in [-0.1, -0.05) is 34.1 Å². The molecule has 6 heteroatoms. The minimum absolute atomic E-state index is 0.109. The van der Waals surface area contributed by atoms with Crippen LogP contribution >= 0.6 is 15.9 Å². The minimum Gasteiger partial charge on any atom is -0.497 e. The summed E-state index contributed by atoms with van der Waals surface area (Å²) >= 11 is 3.15. The van der Waals surface area contributed by atoms with Crippen LogP contribution in [-0.2, 0) is 4.79 Å². The number of methoxy groups -OCH3 is 2. The van der Waals surface area contributed by atoms with Gasteiger partial charge in [-0.15, -0.1) is 0 Å². The molecule has 0 saturated carbocycles. The standard InChI is InChI=1S/C26H22BrNO4/c1-30-21-5-3-4-17(14-21)23-12-6-18-15-22(31-2)11-13-24(18)26(23)32-20-9-7-19(8-10-20)28-25(29)16-27/h3-15H,16H2,1-2H3,(H,28,29). The van der Waals surface area contributed by atoms with Crippen molar-refractivity contribution < 1.29 is 19.0 Å². The number of halogens is 1. The van der Waals surface area contributed by atoms with Gasteiger partial charge in [-0.05, 0) is 71.6 Å². The van der Waals surface area contributed by atoms with Gasteiger partial charge >= 0.3 is 0 Å². The van der Waals surface area contributed by atoms with Crippen LogP contribution in [0.5, 0.6) is 23.0 Å². The number of hydrogen-bond donors (Lipinski definition) is 1. The van der Waals surface area contributed by atoms with E-state index in [0.717, 1.165) is 39.1 Å². The first-order chi connectivity index (χ1) is 15.6. The van der Waals surface area contributed by atoms with Crippen LogP contribution in [0.3, 0.4) is 0 Å². The molecule has 0 radical (unpaired) electrons. The Morgan fingerprint density at radius 2 is 1.56 bits per heavy atom. The maximum Gasteiger partial charge on any atom is 0.235 e. The molecule has 0 aliphatic rings. The zero-order valence-electron chi connectivity index (χ0n) is 17.7. The Kier molecular flexibility index (Phi) is 6.61. The molecule has 32 heavy (non-hydrogen) atoms. The summed E-state index contributed by atoms with van der Waals surface area (Å²) < 4.78 is 17.2. The van der Waals surface area contributed by atoms with Crippen LogP contribution < -0.4 is 19.5 Å². The third-order valence-corrected chi connectivity index (χ3v) is 5.55. The number of carbonyl (C=O) groups is 1. The lowest BCUT2D eigenvalue weighted by atomic mass is 9.99. The van der Waals surface area contributed by atoms with Crippen molar-refractivity contribution in [2.75, 3.05) is 24.9 Å². The van der Waals surface area contributed by atoms with E-state index < -0.39 is 0 Å². The Labute approximate surface area is 195 Å². The SMILES string of the molecule is COc1cccc(-c2ccc3cc(OC)ccc3c2Oc2ccc(NC(=O)CBr)cc2)c1. The van der Waals surface area contributed by atoms with E-state index >= 15 is 0 Å². The lowest BCUT2D eigenvalue weighted by molar-refractivity contribution is -0.113. The van der Waals surface area contributed by atoms with Crippen molar-refractivity contribution in [3.05, 3.63) is 78.9 Å². The first-order valence-electron chi connectivity index (χ1n) is 10.00. The third-order valence-electron chi connectivity index (χ3n) is 5.04. The van der Waals surface area contributed by atoms with E-state index in [0.29, 0.717) is 11.4 Å². The number of benzene rings is 4. The van der Waals surface area contributed by atoms with Crippen LogP contribution in [0.1, 0.15) is 0 Å². The first-order valence-corrected chi connectivity index (χ1v) is 11.1. The zero-order valence-corrected chi connectivity index (χ0v) is 19.3. The van der Waals surface area contributed by atoms with Gasteiger partial charge < -0.3 is 19.5 Å². The van der Waals surface area contributed by atoms with Crippen molar-refractivity contribution in [2.45, 2.75) is 0 Å². The fraction of sp³-hybridized carbons (Fsp3) is 0.115. The van der Waals surface area contributed by atoms with E-state index in [4.69, 9.17) is 14.2 Å². The molecule has 0 aliphatic carbocycles. The van der Waals surface area contributed by atoms with Crippen LogP contribution in [0.4, 0.5) is 5.69 Å². The van der Waals surface area contributed by atoms with Crippen LogP contribution in [0.15, 0.2) is 78.9 Å². The molecule has 4 aromatic carbocycles. The predicted octanol–water partition coefficient (Wildman–Crippen LogP) is 6.65. The molecule has 0 unspecified atom stereocenters. The minimum atomic E-state index is -0.109. The van der Waals surface area contributed by atoms with Gasteiger partial charge in [0.1, 0.15) is 23.0 Å². The Balaban J connectivity index is 1.78. The average molecular weight is 492 g/mol. The number of ether oxygens (including phenoxy) is 3. The van der Waals surface area contributed by atoms with E-state index in [-0.39, 0.29) is 11.2 Å². The Hall–Kier alpha value is -3.51. The van der Waals surface area contributed by atoms with E-state index in [1.54, 1.807) is 14.2 Å². The number of nitrogens with one attached hydrogen (secondary N) is 1. The van der Waals surface area contributed by atoms with Crippen LogP contribution in [0, 0.1) is 0 Å². The number of hydrogen-bond acceptors (Lipinski definition) is 4. The van der Waals surface area contributed by atoms with Crippen LogP contribution in [0.2, 0.25) is 0 Å². The second-order valence-electron chi connectivity index (χ2n) is 7.07. The smallest absolute Gasteiger partial charge is 0.235 e. The molecule has 0 atom stereocenters. The predicted molar refractivity (Wildman–Crippen MR) is 131 cm³/mol. The summed E-state index contributed by atoms with van der Waals surface area (Å²) in [4.78, 5) is 11.6. The third kappa shape index (κ3) is 4.70. The molecule has 1 N–H and O–H groups in total.